The highest BCUT2D eigenvalue weighted by molar-refractivity contribution is 4.69. The number of hydrogen-bond donors (Lipinski definition) is 0. The first-order valence-corrected chi connectivity index (χ1v) is 3.79. The van der Waals surface area contributed by atoms with E-state index in [1.807, 2.05) is 14.1 Å². The normalized spacial score (nSPS) is 17.4. The highest BCUT2D eigenvalue weighted by Crippen LogP contribution is 2.18. The zero-order valence-corrected chi connectivity index (χ0v) is 7.77. The van der Waals surface area contributed by atoms with E-state index < -0.39 is 0 Å². The Bertz CT molecular complexity index is 93.3. The molecular formula is C8H19NO. The lowest BCUT2D eigenvalue weighted by Gasteiger charge is -2.34. The lowest BCUT2D eigenvalue weighted by Crippen LogP contribution is -2.42. The molecule has 0 spiro atoms. The van der Waals surface area contributed by atoms with E-state index in [0.29, 0.717) is 0 Å². The van der Waals surface area contributed by atoms with Gasteiger partial charge in [0, 0.05) is 7.11 Å². The van der Waals surface area contributed by atoms with E-state index in [1.54, 1.807) is 7.11 Å². The minimum atomic E-state index is -0.0747. The van der Waals surface area contributed by atoms with Gasteiger partial charge in [-0.05, 0) is 27.4 Å². The Labute approximate surface area is 64.2 Å². The third-order valence-corrected chi connectivity index (χ3v) is 2.10. The summed E-state index contributed by atoms with van der Waals surface area (Å²) in [6, 6.07) is 0. The maximum Gasteiger partial charge on any atom is 0.117 e. The predicted molar refractivity (Wildman–Crippen MR) is 44.0 cm³/mol. The van der Waals surface area contributed by atoms with Crippen LogP contribution in [0.25, 0.3) is 0 Å². The Morgan fingerprint density at radius 1 is 1.40 bits per heavy atom. The van der Waals surface area contributed by atoms with Crippen molar-refractivity contribution in [2.45, 2.75) is 32.4 Å². The van der Waals surface area contributed by atoms with E-state index in [9.17, 15) is 0 Å². The minimum absolute atomic E-state index is 0.0747. The molecule has 2 nitrogen and oxygen atoms in total. The van der Waals surface area contributed by atoms with Gasteiger partial charge in [0.25, 0.3) is 0 Å². The SMILES string of the molecule is CCCC(C)(OC)N(C)C. The molecule has 1 unspecified atom stereocenters. The molecule has 0 aliphatic heterocycles. The summed E-state index contributed by atoms with van der Waals surface area (Å²) in [5.41, 5.74) is -0.0747. The third-order valence-electron chi connectivity index (χ3n) is 2.10. The molecule has 10 heavy (non-hydrogen) atoms. The Balaban J connectivity index is 3.94. The maximum absolute atomic E-state index is 5.37. The smallest absolute Gasteiger partial charge is 0.117 e. The van der Waals surface area contributed by atoms with Crippen LogP contribution in [-0.2, 0) is 4.74 Å². The first kappa shape index (κ1) is 9.92. The molecule has 0 aromatic heterocycles. The number of rotatable bonds is 4. The molecule has 2 heteroatoms. The van der Waals surface area contributed by atoms with Crippen molar-refractivity contribution >= 4 is 0 Å². The van der Waals surface area contributed by atoms with E-state index in [4.69, 9.17) is 4.74 Å². The van der Waals surface area contributed by atoms with E-state index in [0.717, 1.165) is 12.8 Å². The standard InChI is InChI=1S/C8H19NO/c1-6-7-8(2,10-5)9(3)4/h6-7H2,1-5H3. The zero-order valence-electron chi connectivity index (χ0n) is 7.77. The fourth-order valence-corrected chi connectivity index (χ4v) is 0.972. The molecule has 0 aromatic rings. The largest absolute Gasteiger partial charge is 0.364 e. The van der Waals surface area contributed by atoms with Gasteiger partial charge in [0.1, 0.15) is 5.72 Å². The highest BCUT2D eigenvalue weighted by atomic mass is 16.5. The van der Waals surface area contributed by atoms with Gasteiger partial charge in [-0.2, -0.15) is 0 Å². The van der Waals surface area contributed by atoms with Crippen molar-refractivity contribution in [3.05, 3.63) is 0 Å². The van der Waals surface area contributed by atoms with Crippen molar-refractivity contribution in [3.8, 4) is 0 Å². The van der Waals surface area contributed by atoms with E-state index in [1.165, 1.54) is 0 Å². The van der Waals surface area contributed by atoms with Gasteiger partial charge in [-0.1, -0.05) is 13.3 Å². The van der Waals surface area contributed by atoms with Gasteiger partial charge in [-0.15, -0.1) is 0 Å². The molecule has 0 rings (SSSR count). The molecule has 0 saturated carbocycles. The molecule has 1 atom stereocenters. The van der Waals surface area contributed by atoms with Crippen molar-refractivity contribution in [2.75, 3.05) is 21.2 Å². The van der Waals surface area contributed by atoms with Crippen LogP contribution in [0.5, 0.6) is 0 Å². The van der Waals surface area contributed by atoms with Gasteiger partial charge in [-0.3, -0.25) is 4.90 Å². The van der Waals surface area contributed by atoms with Gasteiger partial charge in [0.15, 0.2) is 0 Å². The summed E-state index contributed by atoms with van der Waals surface area (Å²) in [5, 5.41) is 0. The first-order valence-electron chi connectivity index (χ1n) is 3.79. The lowest BCUT2D eigenvalue weighted by molar-refractivity contribution is -0.105. The van der Waals surface area contributed by atoms with Crippen molar-refractivity contribution in [1.82, 2.24) is 4.90 Å². The molecule has 0 aromatic carbocycles. The Morgan fingerprint density at radius 3 is 2.00 bits per heavy atom. The lowest BCUT2D eigenvalue weighted by atomic mass is 10.1. The van der Waals surface area contributed by atoms with Crippen LogP contribution in [0.1, 0.15) is 26.7 Å². The van der Waals surface area contributed by atoms with Gasteiger partial charge < -0.3 is 4.74 Å². The molecule has 0 bridgehead atoms. The summed E-state index contributed by atoms with van der Waals surface area (Å²) in [5.74, 6) is 0. The van der Waals surface area contributed by atoms with Crippen LogP contribution in [0, 0.1) is 0 Å². The van der Waals surface area contributed by atoms with Crippen LogP contribution in [0.2, 0.25) is 0 Å². The topological polar surface area (TPSA) is 12.5 Å². The summed E-state index contributed by atoms with van der Waals surface area (Å²) in [6.45, 7) is 4.28. The Hall–Kier alpha value is -0.0800. The number of hydrogen-bond acceptors (Lipinski definition) is 2. The van der Waals surface area contributed by atoms with Crippen LogP contribution < -0.4 is 0 Å². The molecule has 0 aliphatic carbocycles. The molecule has 0 heterocycles. The van der Waals surface area contributed by atoms with Gasteiger partial charge in [0.05, 0.1) is 0 Å². The number of ether oxygens (including phenoxy) is 1. The predicted octanol–water partition coefficient (Wildman–Crippen LogP) is 1.71. The van der Waals surface area contributed by atoms with Gasteiger partial charge >= 0.3 is 0 Å². The Kier molecular flexibility index (Phi) is 3.91. The van der Waals surface area contributed by atoms with Crippen LogP contribution in [0.4, 0.5) is 0 Å². The summed E-state index contributed by atoms with van der Waals surface area (Å²) in [7, 11) is 5.84. The fraction of sp³-hybridized carbons (Fsp3) is 1.00. The molecule has 0 N–H and O–H groups in total. The summed E-state index contributed by atoms with van der Waals surface area (Å²) >= 11 is 0. The van der Waals surface area contributed by atoms with E-state index in [2.05, 4.69) is 18.7 Å². The summed E-state index contributed by atoms with van der Waals surface area (Å²) < 4.78 is 5.37. The minimum Gasteiger partial charge on any atom is -0.364 e. The molecule has 0 aliphatic rings. The second-order valence-electron chi connectivity index (χ2n) is 3.02. The number of methoxy groups -OCH3 is 1. The van der Waals surface area contributed by atoms with E-state index in [-0.39, 0.29) is 5.72 Å². The average Bonchev–Trinajstić information content (AvgIpc) is 1.88. The molecule has 0 fully saturated rings. The zero-order chi connectivity index (χ0) is 8.20. The second kappa shape index (κ2) is 3.94. The van der Waals surface area contributed by atoms with Crippen molar-refractivity contribution in [2.24, 2.45) is 0 Å². The second-order valence-corrected chi connectivity index (χ2v) is 3.02. The van der Waals surface area contributed by atoms with E-state index >= 15 is 0 Å². The van der Waals surface area contributed by atoms with Crippen LogP contribution in [-0.4, -0.2) is 31.8 Å². The first-order chi connectivity index (χ1) is 4.56. The fourth-order valence-electron chi connectivity index (χ4n) is 0.972. The molecule has 0 radical (unpaired) electrons. The maximum atomic E-state index is 5.37. The number of nitrogens with zero attached hydrogens (tertiary/aromatic N) is 1. The monoisotopic (exact) mass is 145 g/mol. The van der Waals surface area contributed by atoms with Gasteiger partial charge in [0.2, 0.25) is 0 Å². The molecular weight excluding hydrogens is 126 g/mol. The molecule has 62 valence electrons. The summed E-state index contributed by atoms with van der Waals surface area (Å²) in [6.07, 6.45) is 2.24. The van der Waals surface area contributed by atoms with Crippen molar-refractivity contribution in [3.63, 3.8) is 0 Å². The van der Waals surface area contributed by atoms with Crippen molar-refractivity contribution in [1.29, 1.82) is 0 Å². The highest BCUT2D eigenvalue weighted by Gasteiger charge is 2.24. The molecule has 0 saturated heterocycles. The van der Waals surface area contributed by atoms with Crippen molar-refractivity contribution < 1.29 is 4.74 Å². The van der Waals surface area contributed by atoms with Crippen LogP contribution in [0.3, 0.4) is 0 Å². The van der Waals surface area contributed by atoms with Crippen LogP contribution >= 0.6 is 0 Å². The quantitative estimate of drug-likeness (QED) is 0.558. The van der Waals surface area contributed by atoms with Gasteiger partial charge in [-0.25, -0.2) is 0 Å². The summed E-state index contributed by atoms with van der Waals surface area (Å²) in [4.78, 5) is 2.11. The van der Waals surface area contributed by atoms with Crippen LogP contribution in [0.15, 0.2) is 0 Å². The average molecular weight is 145 g/mol. The molecule has 0 amide bonds. The Morgan fingerprint density at radius 2 is 1.90 bits per heavy atom. The third kappa shape index (κ3) is 2.27.